The number of aliphatic hydroxyl groups is 1. The third-order valence-corrected chi connectivity index (χ3v) is 3.09. The number of aromatic nitrogens is 1. The first-order chi connectivity index (χ1) is 7.72. The molecule has 0 saturated carbocycles. The molecule has 0 saturated heterocycles. The van der Waals surface area contributed by atoms with Crippen LogP contribution in [0.4, 0.5) is 0 Å². The van der Waals surface area contributed by atoms with E-state index in [9.17, 15) is 13.5 Å². The van der Waals surface area contributed by atoms with E-state index in [0.29, 0.717) is 0 Å². The predicted molar refractivity (Wildman–Crippen MR) is 62.9 cm³/mol. The molecule has 0 aliphatic carbocycles. The molecule has 9 heteroatoms. The maximum absolute atomic E-state index is 10.7. The van der Waals surface area contributed by atoms with Crippen LogP contribution in [0.5, 0.6) is 0 Å². The Morgan fingerprint density at radius 2 is 1.88 bits per heavy atom. The van der Waals surface area contributed by atoms with Crippen molar-refractivity contribution in [2.75, 3.05) is 0 Å². The maximum atomic E-state index is 10.7. The van der Waals surface area contributed by atoms with Crippen LogP contribution in [0, 0.1) is 0 Å². The fourth-order valence-electron chi connectivity index (χ4n) is 1.20. The van der Waals surface area contributed by atoms with Crippen LogP contribution < -0.4 is 5.14 Å². The molecule has 0 radical (unpaired) electrons. The summed E-state index contributed by atoms with van der Waals surface area (Å²) in [5.41, 5.74) is 0.138. The van der Waals surface area contributed by atoms with Crippen molar-refractivity contribution in [1.82, 2.24) is 4.98 Å². The van der Waals surface area contributed by atoms with E-state index in [1.165, 1.54) is 19.3 Å². The summed E-state index contributed by atoms with van der Waals surface area (Å²) in [6.45, 7) is 1.32. The lowest BCUT2D eigenvalue weighted by atomic mass is 10.1. The second-order valence-electron chi connectivity index (χ2n) is 3.26. The van der Waals surface area contributed by atoms with E-state index in [4.69, 9.17) is 23.2 Å². The second-order valence-corrected chi connectivity index (χ2v) is 5.25. The highest BCUT2D eigenvalue weighted by molar-refractivity contribution is 7.84. The molecular formula is C8H10Cl2N2O4S. The normalized spacial score (nSPS) is 15.6. The molecule has 0 aromatic carbocycles. The highest BCUT2D eigenvalue weighted by atomic mass is 35.5. The van der Waals surface area contributed by atoms with Crippen molar-refractivity contribution in [1.29, 1.82) is 0 Å². The molecule has 6 nitrogen and oxygen atoms in total. The van der Waals surface area contributed by atoms with Crippen molar-refractivity contribution in [2.24, 2.45) is 5.14 Å². The van der Waals surface area contributed by atoms with Gasteiger partial charge in [-0.15, -0.1) is 0 Å². The number of hydrogen-bond acceptors (Lipinski definition) is 5. The highest BCUT2D eigenvalue weighted by Crippen LogP contribution is 2.32. The Balaban J connectivity index is 3.00. The Morgan fingerprint density at radius 1 is 1.41 bits per heavy atom. The van der Waals surface area contributed by atoms with E-state index in [-0.39, 0.29) is 15.6 Å². The maximum Gasteiger partial charge on any atom is 0.333 e. The van der Waals surface area contributed by atoms with Gasteiger partial charge in [0.25, 0.3) is 0 Å². The first-order valence-electron chi connectivity index (χ1n) is 4.40. The van der Waals surface area contributed by atoms with Gasteiger partial charge in [-0.05, 0) is 6.92 Å². The molecule has 1 aromatic heterocycles. The van der Waals surface area contributed by atoms with Gasteiger partial charge in [0.05, 0.1) is 10.0 Å². The number of nitrogens with two attached hydrogens (primary N) is 1. The summed E-state index contributed by atoms with van der Waals surface area (Å²) in [6, 6.07) is 0. The molecule has 0 spiro atoms. The van der Waals surface area contributed by atoms with Gasteiger partial charge in [0.2, 0.25) is 0 Å². The van der Waals surface area contributed by atoms with Gasteiger partial charge in [-0.1, -0.05) is 23.2 Å². The molecule has 0 aliphatic heterocycles. The second kappa shape index (κ2) is 5.47. The quantitative estimate of drug-likeness (QED) is 0.864. The average Bonchev–Trinajstić information content (AvgIpc) is 2.14. The van der Waals surface area contributed by atoms with E-state index in [1.54, 1.807) is 0 Å². The minimum atomic E-state index is -4.16. The molecule has 1 rings (SSSR count). The number of aliphatic hydroxyl groups excluding tert-OH is 1. The molecule has 1 aromatic rings. The Bertz CT molecular complexity index is 488. The third kappa shape index (κ3) is 4.06. The van der Waals surface area contributed by atoms with Crippen molar-refractivity contribution >= 4 is 33.5 Å². The van der Waals surface area contributed by atoms with Crippen molar-refractivity contribution in [2.45, 2.75) is 19.1 Å². The van der Waals surface area contributed by atoms with E-state index < -0.39 is 22.5 Å². The van der Waals surface area contributed by atoms with E-state index >= 15 is 0 Å². The SMILES string of the molecule is C[C@@H](OS(N)(=O)=O)[C@H](O)c1c(Cl)cncc1Cl. The molecule has 17 heavy (non-hydrogen) atoms. The number of pyridine rings is 1. The molecule has 1 heterocycles. The van der Waals surface area contributed by atoms with Crippen molar-refractivity contribution < 1.29 is 17.7 Å². The molecule has 0 bridgehead atoms. The van der Waals surface area contributed by atoms with Gasteiger partial charge in [-0.3, -0.25) is 9.17 Å². The molecule has 3 N–H and O–H groups in total. The van der Waals surface area contributed by atoms with Crippen molar-refractivity contribution in [3.05, 3.63) is 28.0 Å². The number of halogens is 2. The smallest absolute Gasteiger partial charge is 0.333 e. The Kier molecular flexibility index (Phi) is 4.70. The van der Waals surface area contributed by atoms with Crippen LogP contribution >= 0.6 is 23.2 Å². The highest BCUT2D eigenvalue weighted by Gasteiger charge is 2.25. The van der Waals surface area contributed by atoms with Gasteiger partial charge in [0, 0.05) is 18.0 Å². The van der Waals surface area contributed by atoms with Gasteiger partial charge in [0.15, 0.2) is 0 Å². The van der Waals surface area contributed by atoms with Crippen LogP contribution in [0.15, 0.2) is 12.4 Å². The zero-order valence-corrected chi connectivity index (χ0v) is 11.0. The first kappa shape index (κ1) is 14.6. The summed E-state index contributed by atoms with van der Waals surface area (Å²) < 4.78 is 25.9. The summed E-state index contributed by atoms with van der Waals surface area (Å²) in [7, 11) is -4.16. The Labute approximate surface area is 109 Å². The summed E-state index contributed by atoms with van der Waals surface area (Å²) >= 11 is 11.6. The van der Waals surface area contributed by atoms with E-state index in [0.717, 1.165) is 0 Å². The Hall–Kier alpha value is -0.440. The number of rotatable bonds is 4. The lowest BCUT2D eigenvalue weighted by Gasteiger charge is -2.19. The Morgan fingerprint density at radius 3 is 2.29 bits per heavy atom. The van der Waals surface area contributed by atoms with Crippen LogP contribution in [0.25, 0.3) is 0 Å². The first-order valence-corrected chi connectivity index (χ1v) is 6.63. The summed E-state index contributed by atoms with van der Waals surface area (Å²) in [4.78, 5) is 3.70. The van der Waals surface area contributed by atoms with Gasteiger partial charge in [-0.25, -0.2) is 5.14 Å². The van der Waals surface area contributed by atoms with Gasteiger partial charge >= 0.3 is 10.3 Å². The van der Waals surface area contributed by atoms with Crippen molar-refractivity contribution in [3.8, 4) is 0 Å². The largest absolute Gasteiger partial charge is 0.386 e. The van der Waals surface area contributed by atoms with Crippen LogP contribution in [-0.2, 0) is 14.5 Å². The van der Waals surface area contributed by atoms with E-state index in [1.807, 2.05) is 0 Å². The molecule has 0 fully saturated rings. The third-order valence-electron chi connectivity index (χ3n) is 1.92. The van der Waals surface area contributed by atoms with Crippen LogP contribution in [-0.4, -0.2) is 24.6 Å². The topological polar surface area (TPSA) is 103 Å². The number of nitrogens with zero attached hydrogens (tertiary/aromatic N) is 1. The molecule has 96 valence electrons. The standard InChI is InChI=1S/C8H10Cl2N2O4S/c1-4(16-17(11,14)15)8(13)7-5(9)2-12-3-6(7)10/h2-4,8,13H,1H3,(H2,11,14,15)/t4-,8+/m1/s1. The molecule has 0 amide bonds. The van der Waals surface area contributed by atoms with Gasteiger partial charge in [-0.2, -0.15) is 8.42 Å². The monoisotopic (exact) mass is 300 g/mol. The van der Waals surface area contributed by atoms with Crippen LogP contribution in [0.3, 0.4) is 0 Å². The van der Waals surface area contributed by atoms with Gasteiger partial charge in [0.1, 0.15) is 12.2 Å². The molecule has 0 aliphatic rings. The summed E-state index contributed by atoms with van der Waals surface area (Å²) in [5, 5.41) is 14.8. The minimum absolute atomic E-state index is 0.106. The summed E-state index contributed by atoms with van der Waals surface area (Å²) in [6.07, 6.45) is 0.0874. The lowest BCUT2D eigenvalue weighted by Crippen LogP contribution is -2.27. The predicted octanol–water partition coefficient (Wildman–Crippen LogP) is 1.03. The van der Waals surface area contributed by atoms with Gasteiger partial charge < -0.3 is 5.11 Å². The molecule has 2 atom stereocenters. The molecular weight excluding hydrogens is 291 g/mol. The van der Waals surface area contributed by atoms with E-state index in [2.05, 4.69) is 14.3 Å². The summed E-state index contributed by atoms with van der Waals surface area (Å²) in [5.74, 6) is 0. The fourth-order valence-corrected chi connectivity index (χ4v) is 2.32. The van der Waals surface area contributed by atoms with Crippen LogP contribution in [0.1, 0.15) is 18.6 Å². The van der Waals surface area contributed by atoms with Crippen LogP contribution in [0.2, 0.25) is 10.0 Å². The fraction of sp³-hybridized carbons (Fsp3) is 0.375. The minimum Gasteiger partial charge on any atom is -0.386 e. The molecule has 0 unspecified atom stereocenters. The zero-order valence-electron chi connectivity index (χ0n) is 8.67. The average molecular weight is 301 g/mol. The number of hydrogen-bond donors (Lipinski definition) is 2. The lowest BCUT2D eigenvalue weighted by molar-refractivity contribution is 0.0509. The van der Waals surface area contributed by atoms with Crippen molar-refractivity contribution in [3.63, 3.8) is 0 Å². The zero-order chi connectivity index (χ0) is 13.2.